The van der Waals surface area contributed by atoms with Crippen LogP contribution in [0.4, 0.5) is 0 Å². The Morgan fingerprint density at radius 1 is 1.13 bits per heavy atom. The summed E-state index contributed by atoms with van der Waals surface area (Å²) in [4.78, 5) is 0. The molecule has 23 heavy (non-hydrogen) atoms. The zero-order valence-corrected chi connectivity index (χ0v) is 19.6. The van der Waals surface area contributed by atoms with Crippen molar-refractivity contribution in [3.05, 3.63) is 35.9 Å². The van der Waals surface area contributed by atoms with Gasteiger partial charge in [0, 0.05) is 0 Å². The molecule has 1 unspecified atom stereocenters. The zero-order chi connectivity index (χ0) is 16.5. The Morgan fingerprint density at radius 3 is 2.57 bits per heavy atom. The van der Waals surface area contributed by atoms with Gasteiger partial charge in [0.2, 0.25) is 0 Å². The standard InChI is InChI=1S/C21H34N.Tl/c1-3-4-8-12-22-13-11-20-16-21(17-20)15-18(2)14-19-9-6-5-7-10-19;/h5-7,9-10,15,18,20-22H,3-4,8,11-14,16-17H2,1-2H3;/t18-,20?,21?;/m0./s1. The molecule has 1 aliphatic carbocycles. The molecule has 0 aromatic heterocycles. The van der Waals surface area contributed by atoms with Crippen LogP contribution in [0.1, 0.15) is 57.9 Å². The maximum atomic E-state index is 3.63. The van der Waals surface area contributed by atoms with Gasteiger partial charge in [0.1, 0.15) is 0 Å². The minimum atomic E-state index is 0.875. The molecule has 1 aromatic carbocycles. The fourth-order valence-electron chi connectivity index (χ4n) is 3.86. The molecular formula is C21H34NTl. The van der Waals surface area contributed by atoms with Gasteiger partial charge in [0.05, 0.1) is 0 Å². The molecule has 0 spiro atoms. The molecule has 2 rings (SSSR count). The predicted octanol–water partition coefficient (Wildman–Crippen LogP) is 5.02. The van der Waals surface area contributed by atoms with Crippen LogP contribution in [-0.4, -0.2) is 38.9 Å². The quantitative estimate of drug-likeness (QED) is 0.330. The number of hydrogen-bond donors (Lipinski definition) is 1. The predicted molar refractivity (Wildman–Crippen MR) is 102 cm³/mol. The van der Waals surface area contributed by atoms with Crippen LogP contribution in [0.5, 0.6) is 0 Å². The molecule has 0 heterocycles. The second kappa shape index (κ2) is 10.9. The summed E-state index contributed by atoms with van der Waals surface area (Å²) < 4.78 is 1.03. The summed E-state index contributed by atoms with van der Waals surface area (Å²) in [7, 11) is 0. The molecule has 1 aliphatic rings. The molecule has 1 saturated carbocycles. The molecule has 0 saturated heterocycles. The van der Waals surface area contributed by atoms with E-state index in [0.29, 0.717) is 0 Å². The molecule has 1 nitrogen and oxygen atoms in total. The molecule has 1 fully saturated rings. The van der Waals surface area contributed by atoms with Gasteiger partial charge in [-0.05, 0) is 0 Å². The van der Waals surface area contributed by atoms with Crippen LogP contribution in [0.2, 0.25) is 3.48 Å². The van der Waals surface area contributed by atoms with Crippen molar-refractivity contribution in [2.45, 2.75) is 62.3 Å². The van der Waals surface area contributed by atoms with Crippen LogP contribution >= 0.6 is 0 Å². The molecule has 0 radical (unpaired) electrons. The fourth-order valence-corrected chi connectivity index (χ4v) is 5.61. The first-order valence-corrected chi connectivity index (χ1v) is 12.3. The minimum absolute atomic E-state index is 0.875. The summed E-state index contributed by atoms with van der Waals surface area (Å²) >= 11 is 1.14. The molecule has 0 bridgehead atoms. The van der Waals surface area contributed by atoms with Gasteiger partial charge in [-0.2, -0.15) is 0 Å². The van der Waals surface area contributed by atoms with Crippen molar-refractivity contribution in [3.63, 3.8) is 0 Å². The van der Waals surface area contributed by atoms with Crippen LogP contribution in [0.15, 0.2) is 30.3 Å². The van der Waals surface area contributed by atoms with E-state index in [2.05, 4.69) is 49.5 Å². The van der Waals surface area contributed by atoms with E-state index in [4.69, 9.17) is 0 Å². The van der Waals surface area contributed by atoms with Gasteiger partial charge in [-0.25, -0.2) is 0 Å². The van der Waals surface area contributed by atoms with Crippen molar-refractivity contribution in [1.82, 2.24) is 5.32 Å². The fraction of sp³-hybridized carbons (Fsp3) is 0.714. The third kappa shape index (κ3) is 6.85. The summed E-state index contributed by atoms with van der Waals surface area (Å²) in [5.74, 6) is 2.94. The number of rotatable bonds is 11. The van der Waals surface area contributed by atoms with E-state index in [-0.39, 0.29) is 0 Å². The third-order valence-electron chi connectivity index (χ3n) is 5.56. The molecule has 0 aliphatic heterocycles. The van der Waals surface area contributed by atoms with Gasteiger partial charge in [0.15, 0.2) is 0 Å². The average Bonchev–Trinajstić information content (AvgIpc) is 2.52. The van der Waals surface area contributed by atoms with Gasteiger partial charge in [-0.3, -0.25) is 0 Å². The van der Waals surface area contributed by atoms with Crippen molar-refractivity contribution < 1.29 is 0 Å². The van der Waals surface area contributed by atoms with E-state index in [1.165, 1.54) is 63.6 Å². The van der Waals surface area contributed by atoms with Gasteiger partial charge >= 0.3 is 160 Å². The topological polar surface area (TPSA) is 12.0 Å². The Balaban J connectivity index is 1.57. The monoisotopic (exact) mass is 505 g/mol. The second-order valence-electron chi connectivity index (χ2n) is 7.59. The van der Waals surface area contributed by atoms with E-state index in [1.54, 1.807) is 0 Å². The summed E-state index contributed by atoms with van der Waals surface area (Å²) in [6.07, 6.45) is 9.77. The van der Waals surface area contributed by atoms with Crippen molar-refractivity contribution in [3.8, 4) is 0 Å². The molecule has 126 valence electrons. The number of benzene rings is 1. The van der Waals surface area contributed by atoms with Gasteiger partial charge in [0.25, 0.3) is 0 Å². The summed E-state index contributed by atoms with van der Waals surface area (Å²) in [5.41, 5.74) is 1.53. The Hall–Kier alpha value is 0.102. The Labute approximate surface area is 159 Å². The number of unbranched alkanes of at least 4 members (excludes halogenated alkanes) is 2. The van der Waals surface area contributed by atoms with Gasteiger partial charge < -0.3 is 0 Å². The Kier molecular flexibility index (Phi) is 9.17. The van der Waals surface area contributed by atoms with E-state index < -0.39 is 0 Å². The van der Waals surface area contributed by atoms with Crippen LogP contribution < -0.4 is 5.32 Å². The van der Waals surface area contributed by atoms with Crippen molar-refractivity contribution >= 4 is 25.8 Å². The summed E-state index contributed by atoms with van der Waals surface area (Å²) in [5, 5.41) is 3.63. The first kappa shape index (κ1) is 19.4. The normalized spacial score (nSPS) is 23.2. The van der Waals surface area contributed by atoms with E-state index in [0.717, 1.165) is 47.0 Å². The molecular weight excluding hydrogens is 471 g/mol. The van der Waals surface area contributed by atoms with E-state index in [9.17, 15) is 0 Å². The molecule has 0 amide bonds. The Morgan fingerprint density at radius 2 is 1.87 bits per heavy atom. The second-order valence-corrected chi connectivity index (χ2v) is 10.6. The molecule has 2 heteroatoms. The van der Waals surface area contributed by atoms with E-state index >= 15 is 0 Å². The molecule has 1 aromatic rings. The SMILES string of the molecule is CCCCCNCCC1CC([CH]([Tl])[C@@H](C)Cc2ccccc2)C1. The van der Waals surface area contributed by atoms with Crippen LogP contribution in [0, 0.1) is 17.8 Å². The summed E-state index contributed by atoms with van der Waals surface area (Å²) in [6.45, 7) is 7.23. The number of hydrogen-bond acceptors (Lipinski definition) is 1. The first-order chi connectivity index (χ1) is 11.2. The van der Waals surface area contributed by atoms with Crippen molar-refractivity contribution in [2.24, 2.45) is 17.8 Å². The Bertz CT molecular complexity index is 413. The first-order valence-electron chi connectivity index (χ1n) is 9.71. The average molecular weight is 505 g/mol. The molecule has 1 N–H and O–H groups in total. The molecule has 2 atom stereocenters. The van der Waals surface area contributed by atoms with Crippen molar-refractivity contribution in [1.29, 1.82) is 0 Å². The van der Waals surface area contributed by atoms with Crippen LogP contribution in [0.3, 0.4) is 0 Å². The summed E-state index contributed by atoms with van der Waals surface area (Å²) in [6, 6.07) is 11.1. The van der Waals surface area contributed by atoms with E-state index in [1.807, 2.05) is 0 Å². The van der Waals surface area contributed by atoms with Crippen LogP contribution in [-0.2, 0) is 6.42 Å². The number of nitrogens with one attached hydrogen (secondary N) is 1. The van der Waals surface area contributed by atoms with Gasteiger partial charge in [-0.15, -0.1) is 0 Å². The van der Waals surface area contributed by atoms with Crippen molar-refractivity contribution in [2.75, 3.05) is 13.1 Å². The van der Waals surface area contributed by atoms with Gasteiger partial charge in [-0.1, -0.05) is 0 Å². The van der Waals surface area contributed by atoms with Crippen LogP contribution in [0.25, 0.3) is 0 Å². The maximum absolute atomic E-state index is 3.63. The zero-order valence-electron chi connectivity index (χ0n) is 15.1. The third-order valence-corrected chi connectivity index (χ3v) is 10.2.